The number of nitrogens with zero attached hydrogens (tertiary/aromatic N) is 3. The number of nitrogens with one attached hydrogen (secondary N) is 3. The quantitative estimate of drug-likeness (QED) is 0.507. The summed E-state index contributed by atoms with van der Waals surface area (Å²) in [4.78, 5) is 25.6. The second kappa shape index (κ2) is 9.42. The van der Waals surface area contributed by atoms with Crippen molar-refractivity contribution >= 4 is 23.4 Å². The zero-order chi connectivity index (χ0) is 21.6. The first-order chi connectivity index (χ1) is 15.1. The van der Waals surface area contributed by atoms with E-state index in [-0.39, 0.29) is 5.91 Å². The summed E-state index contributed by atoms with van der Waals surface area (Å²) in [5, 5.41) is 9.36. The molecule has 0 radical (unpaired) electrons. The van der Waals surface area contributed by atoms with Gasteiger partial charge in [0.2, 0.25) is 0 Å². The molecule has 0 aliphatic carbocycles. The van der Waals surface area contributed by atoms with Crippen molar-refractivity contribution in [2.75, 3.05) is 23.7 Å². The minimum atomic E-state index is -0.450. The number of aryl methyl sites for hydroxylation is 3. The topological polar surface area (TPSA) is 101 Å². The summed E-state index contributed by atoms with van der Waals surface area (Å²) in [7, 11) is 0. The van der Waals surface area contributed by atoms with Crippen LogP contribution in [0.5, 0.6) is 5.75 Å². The SMILES string of the molecule is Cc1ccnc(Nc2cc(NCCNC(=O)C3CCc4ccccc4O3)nc(C)n2)c1. The molecule has 1 amide bonds. The Hall–Kier alpha value is -3.68. The van der Waals surface area contributed by atoms with Gasteiger partial charge in [0.15, 0.2) is 6.10 Å². The summed E-state index contributed by atoms with van der Waals surface area (Å²) in [6, 6.07) is 13.6. The Morgan fingerprint density at radius 3 is 2.77 bits per heavy atom. The maximum Gasteiger partial charge on any atom is 0.261 e. The van der Waals surface area contributed by atoms with Crippen molar-refractivity contribution in [3.8, 4) is 5.75 Å². The molecule has 31 heavy (non-hydrogen) atoms. The van der Waals surface area contributed by atoms with E-state index in [0.29, 0.717) is 37.0 Å². The Morgan fingerprint density at radius 1 is 1.06 bits per heavy atom. The fraction of sp³-hybridized carbons (Fsp3) is 0.304. The van der Waals surface area contributed by atoms with Crippen molar-refractivity contribution in [2.45, 2.75) is 32.8 Å². The highest BCUT2D eigenvalue weighted by atomic mass is 16.5. The third-order valence-electron chi connectivity index (χ3n) is 4.95. The lowest BCUT2D eigenvalue weighted by molar-refractivity contribution is -0.128. The predicted octanol–water partition coefficient (Wildman–Crippen LogP) is 3.15. The highest BCUT2D eigenvalue weighted by Crippen LogP contribution is 2.27. The number of hydrogen-bond donors (Lipinski definition) is 3. The van der Waals surface area contributed by atoms with Gasteiger partial charge in [0.1, 0.15) is 29.0 Å². The van der Waals surface area contributed by atoms with E-state index < -0.39 is 6.10 Å². The normalized spacial score (nSPS) is 14.8. The van der Waals surface area contributed by atoms with E-state index in [1.807, 2.05) is 56.3 Å². The largest absolute Gasteiger partial charge is 0.480 e. The molecule has 8 nitrogen and oxygen atoms in total. The fourth-order valence-corrected chi connectivity index (χ4v) is 3.46. The molecule has 1 atom stereocenters. The molecule has 1 aromatic carbocycles. The molecule has 0 fully saturated rings. The standard InChI is InChI=1S/C23H26N6O2/c1-15-9-10-24-20(13-15)29-22-14-21(27-16(2)28-22)25-11-12-26-23(30)19-8-7-17-5-3-4-6-18(17)31-19/h3-6,9-10,13-14,19H,7-8,11-12H2,1-2H3,(H,26,30)(H2,24,25,27,28,29). The number of carbonyl (C=O) groups excluding carboxylic acids is 1. The van der Waals surface area contributed by atoms with Gasteiger partial charge < -0.3 is 20.7 Å². The third-order valence-corrected chi connectivity index (χ3v) is 4.95. The lowest BCUT2D eigenvalue weighted by atomic mass is 10.0. The van der Waals surface area contributed by atoms with Crippen molar-refractivity contribution in [3.05, 3.63) is 65.6 Å². The van der Waals surface area contributed by atoms with E-state index in [0.717, 1.165) is 29.1 Å². The van der Waals surface area contributed by atoms with Crippen LogP contribution in [0.3, 0.4) is 0 Å². The summed E-state index contributed by atoms with van der Waals surface area (Å²) < 4.78 is 5.84. The van der Waals surface area contributed by atoms with E-state index in [1.165, 1.54) is 0 Å². The summed E-state index contributed by atoms with van der Waals surface area (Å²) >= 11 is 0. The summed E-state index contributed by atoms with van der Waals surface area (Å²) in [6.45, 7) is 4.84. The Kier molecular flexibility index (Phi) is 6.26. The van der Waals surface area contributed by atoms with Gasteiger partial charge in [0.05, 0.1) is 0 Å². The minimum absolute atomic E-state index is 0.0944. The molecular weight excluding hydrogens is 392 g/mol. The van der Waals surface area contributed by atoms with Crippen LogP contribution in [0, 0.1) is 13.8 Å². The number of pyridine rings is 1. The monoisotopic (exact) mass is 418 g/mol. The van der Waals surface area contributed by atoms with Crippen LogP contribution in [-0.2, 0) is 11.2 Å². The zero-order valence-electron chi connectivity index (χ0n) is 17.7. The Balaban J connectivity index is 1.27. The van der Waals surface area contributed by atoms with E-state index >= 15 is 0 Å². The molecule has 3 N–H and O–H groups in total. The van der Waals surface area contributed by atoms with Gasteiger partial charge >= 0.3 is 0 Å². The summed E-state index contributed by atoms with van der Waals surface area (Å²) in [6.07, 6.45) is 2.83. The van der Waals surface area contributed by atoms with Gasteiger partial charge in [-0.15, -0.1) is 0 Å². The van der Waals surface area contributed by atoms with Crippen LogP contribution in [-0.4, -0.2) is 40.1 Å². The molecule has 1 unspecified atom stereocenters. The summed E-state index contributed by atoms with van der Waals surface area (Å²) in [5.41, 5.74) is 2.26. The second-order valence-corrected chi connectivity index (χ2v) is 7.50. The average Bonchev–Trinajstić information content (AvgIpc) is 2.76. The molecule has 8 heteroatoms. The van der Waals surface area contributed by atoms with Crippen LogP contribution >= 0.6 is 0 Å². The van der Waals surface area contributed by atoms with Gasteiger partial charge in [-0.05, 0) is 56.0 Å². The molecule has 0 saturated carbocycles. The molecule has 160 valence electrons. The molecule has 0 bridgehead atoms. The van der Waals surface area contributed by atoms with Crippen molar-refractivity contribution in [2.24, 2.45) is 0 Å². The molecule has 1 aliphatic rings. The lowest BCUT2D eigenvalue weighted by Crippen LogP contribution is -2.42. The van der Waals surface area contributed by atoms with Crippen molar-refractivity contribution in [1.82, 2.24) is 20.3 Å². The van der Waals surface area contributed by atoms with Gasteiger partial charge in [-0.3, -0.25) is 4.79 Å². The van der Waals surface area contributed by atoms with E-state index in [4.69, 9.17) is 4.74 Å². The third kappa shape index (κ3) is 5.48. The first-order valence-electron chi connectivity index (χ1n) is 10.4. The van der Waals surface area contributed by atoms with Crippen molar-refractivity contribution < 1.29 is 9.53 Å². The smallest absolute Gasteiger partial charge is 0.261 e. The van der Waals surface area contributed by atoms with Crippen LogP contribution < -0.4 is 20.7 Å². The zero-order valence-corrected chi connectivity index (χ0v) is 17.7. The van der Waals surface area contributed by atoms with Crippen molar-refractivity contribution in [3.63, 3.8) is 0 Å². The number of amides is 1. The average molecular weight is 419 g/mol. The van der Waals surface area contributed by atoms with E-state index in [2.05, 4.69) is 30.9 Å². The van der Waals surface area contributed by atoms with Crippen LogP contribution in [0.1, 0.15) is 23.4 Å². The van der Waals surface area contributed by atoms with Gasteiger partial charge in [-0.25, -0.2) is 15.0 Å². The van der Waals surface area contributed by atoms with Crippen molar-refractivity contribution in [1.29, 1.82) is 0 Å². The number of carbonyl (C=O) groups is 1. The predicted molar refractivity (Wildman–Crippen MR) is 120 cm³/mol. The maximum atomic E-state index is 12.5. The molecule has 4 rings (SSSR count). The molecular formula is C23H26N6O2. The number of ether oxygens (including phenoxy) is 1. The number of rotatable bonds is 7. The number of para-hydroxylation sites is 1. The number of hydrogen-bond acceptors (Lipinski definition) is 7. The number of fused-ring (bicyclic) bond motifs is 1. The molecule has 0 spiro atoms. The fourth-order valence-electron chi connectivity index (χ4n) is 3.46. The van der Waals surface area contributed by atoms with E-state index in [9.17, 15) is 4.79 Å². The van der Waals surface area contributed by atoms with Gasteiger partial charge in [0.25, 0.3) is 5.91 Å². The Morgan fingerprint density at radius 2 is 1.90 bits per heavy atom. The van der Waals surface area contributed by atoms with Crippen LogP contribution in [0.4, 0.5) is 17.5 Å². The highest BCUT2D eigenvalue weighted by Gasteiger charge is 2.25. The van der Waals surface area contributed by atoms with Gasteiger partial charge in [0, 0.05) is 25.4 Å². The van der Waals surface area contributed by atoms with Gasteiger partial charge in [-0.1, -0.05) is 18.2 Å². The Labute approximate surface area is 181 Å². The van der Waals surface area contributed by atoms with E-state index in [1.54, 1.807) is 6.20 Å². The number of anilines is 3. The second-order valence-electron chi connectivity index (χ2n) is 7.50. The lowest BCUT2D eigenvalue weighted by Gasteiger charge is -2.25. The molecule has 0 saturated heterocycles. The molecule has 3 heterocycles. The number of benzene rings is 1. The Bertz CT molecular complexity index is 1070. The highest BCUT2D eigenvalue weighted by molar-refractivity contribution is 5.81. The van der Waals surface area contributed by atoms with Gasteiger partial charge in [-0.2, -0.15) is 0 Å². The van der Waals surface area contributed by atoms with Crippen LogP contribution in [0.25, 0.3) is 0 Å². The first-order valence-corrected chi connectivity index (χ1v) is 10.4. The van der Waals surface area contributed by atoms with Crippen LogP contribution in [0.2, 0.25) is 0 Å². The molecule has 3 aromatic rings. The minimum Gasteiger partial charge on any atom is -0.480 e. The molecule has 2 aromatic heterocycles. The summed E-state index contributed by atoms with van der Waals surface area (Å²) in [5.74, 6) is 3.41. The first kappa shape index (κ1) is 20.6. The maximum absolute atomic E-state index is 12.5. The molecule has 1 aliphatic heterocycles. The number of aromatic nitrogens is 3. The van der Waals surface area contributed by atoms with Crippen LogP contribution in [0.15, 0.2) is 48.7 Å².